The number of rotatable bonds is 5. The molecule has 106 valence electrons. The second kappa shape index (κ2) is 6.39. The molecule has 0 heterocycles. The topological polar surface area (TPSA) is 38.5 Å². The molecule has 4 heteroatoms. The zero-order chi connectivity index (χ0) is 14.5. The van der Waals surface area contributed by atoms with Crippen molar-refractivity contribution < 1.29 is 9.13 Å². The molecule has 2 aromatic carbocycles. The molecule has 0 radical (unpaired) electrons. The highest BCUT2D eigenvalue weighted by molar-refractivity contribution is 5.50. The van der Waals surface area contributed by atoms with Crippen molar-refractivity contribution in [2.75, 3.05) is 19.9 Å². The Balaban J connectivity index is 2.06. The van der Waals surface area contributed by atoms with Crippen molar-refractivity contribution in [3.05, 3.63) is 59.4 Å². The standard InChI is InChI=1S/C16H19FN2O/c1-19(10-12-4-3-5-14(17)8-12)11-13-9-15(20-2)6-7-16(13)18/h3-9H,10-11,18H2,1-2H3. The summed E-state index contributed by atoms with van der Waals surface area (Å²) in [7, 11) is 3.61. The van der Waals surface area contributed by atoms with Crippen LogP contribution in [0.2, 0.25) is 0 Å². The maximum atomic E-state index is 13.2. The van der Waals surface area contributed by atoms with E-state index in [2.05, 4.69) is 4.90 Å². The first-order valence-electron chi connectivity index (χ1n) is 6.44. The van der Waals surface area contributed by atoms with Crippen LogP contribution in [0.15, 0.2) is 42.5 Å². The largest absolute Gasteiger partial charge is 0.497 e. The minimum Gasteiger partial charge on any atom is -0.497 e. The number of ether oxygens (including phenoxy) is 1. The van der Waals surface area contributed by atoms with Crippen LogP contribution in [-0.4, -0.2) is 19.1 Å². The molecule has 0 aliphatic carbocycles. The molecule has 0 unspecified atom stereocenters. The molecule has 2 aromatic rings. The van der Waals surface area contributed by atoms with E-state index in [1.807, 2.05) is 31.3 Å². The monoisotopic (exact) mass is 274 g/mol. The molecule has 2 rings (SSSR count). The van der Waals surface area contributed by atoms with Crippen molar-refractivity contribution in [3.63, 3.8) is 0 Å². The van der Waals surface area contributed by atoms with E-state index in [-0.39, 0.29) is 5.82 Å². The van der Waals surface area contributed by atoms with E-state index in [1.54, 1.807) is 19.2 Å². The summed E-state index contributed by atoms with van der Waals surface area (Å²) in [6.45, 7) is 1.34. The van der Waals surface area contributed by atoms with Crippen LogP contribution in [0, 0.1) is 5.82 Å². The van der Waals surface area contributed by atoms with Gasteiger partial charge < -0.3 is 10.5 Å². The van der Waals surface area contributed by atoms with E-state index in [0.29, 0.717) is 13.1 Å². The lowest BCUT2D eigenvalue weighted by atomic mass is 10.1. The summed E-state index contributed by atoms with van der Waals surface area (Å²) >= 11 is 0. The second-order valence-corrected chi connectivity index (χ2v) is 4.87. The first-order chi connectivity index (χ1) is 9.58. The van der Waals surface area contributed by atoms with Crippen LogP contribution in [0.25, 0.3) is 0 Å². The molecule has 0 amide bonds. The lowest BCUT2D eigenvalue weighted by molar-refractivity contribution is 0.318. The maximum Gasteiger partial charge on any atom is 0.123 e. The van der Waals surface area contributed by atoms with E-state index < -0.39 is 0 Å². The van der Waals surface area contributed by atoms with Crippen LogP contribution in [0.1, 0.15) is 11.1 Å². The average molecular weight is 274 g/mol. The lowest BCUT2D eigenvalue weighted by Gasteiger charge is -2.18. The average Bonchev–Trinajstić information content (AvgIpc) is 2.41. The fraction of sp³-hybridized carbons (Fsp3) is 0.250. The zero-order valence-electron chi connectivity index (χ0n) is 11.8. The molecular weight excluding hydrogens is 255 g/mol. The van der Waals surface area contributed by atoms with E-state index in [4.69, 9.17) is 10.5 Å². The Labute approximate surface area is 118 Å². The summed E-state index contributed by atoms with van der Waals surface area (Å²) in [6, 6.07) is 12.2. The molecule has 0 aliphatic rings. The highest BCUT2D eigenvalue weighted by atomic mass is 19.1. The van der Waals surface area contributed by atoms with Gasteiger partial charge in [0.25, 0.3) is 0 Å². The van der Waals surface area contributed by atoms with Crippen LogP contribution >= 0.6 is 0 Å². The number of hydrogen-bond acceptors (Lipinski definition) is 3. The van der Waals surface area contributed by atoms with Crippen LogP contribution in [0.4, 0.5) is 10.1 Å². The van der Waals surface area contributed by atoms with Gasteiger partial charge in [-0.3, -0.25) is 4.90 Å². The Kier molecular flexibility index (Phi) is 4.58. The van der Waals surface area contributed by atoms with Gasteiger partial charge in [0.15, 0.2) is 0 Å². The normalized spacial score (nSPS) is 10.8. The van der Waals surface area contributed by atoms with Gasteiger partial charge in [-0.05, 0) is 48.5 Å². The van der Waals surface area contributed by atoms with Gasteiger partial charge in [-0.1, -0.05) is 12.1 Å². The molecule has 0 saturated carbocycles. The van der Waals surface area contributed by atoms with Gasteiger partial charge in [-0.2, -0.15) is 0 Å². The van der Waals surface area contributed by atoms with Gasteiger partial charge in [-0.25, -0.2) is 4.39 Å². The number of benzene rings is 2. The molecule has 0 aliphatic heterocycles. The number of nitrogens with two attached hydrogens (primary N) is 1. The first-order valence-corrected chi connectivity index (χ1v) is 6.44. The molecule has 0 fully saturated rings. The number of anilines is 1. The number of nitrogens with zero attached hydrogens (tertiary/aromatic N) is 1. The Morgan fingerprint density at radius 3 is 2.65 bits per heavy atom. The summed E-state index contributed by atoms with van der Waals surface area (Å²) in [5, 5.41) is 0. The molecule has 20 heavy (non-hydrogen) atoms. The summed E-state index contributed by atoms with van der Waals surface area (Å²) < 4.78 is 18.4. The van der Waals surface area contributed by atoms with Crippen molar-refractivity contribution >= 4 is 5.69 Å². The molecule has 2 N–H and O–H groups in total. The van der Waals surface area contributed by atoms with Crippen molar-refractivity contribution in [1.29, 1.82) is 0 Å². The molecule has 0 spiro atoms. The minimum absolute atomic E-state index is 0.211. The van der Waals surface area contributed by atoms with Crippen LogP contribution in [0.5, 0.6) is 5.75 Å². The van der Waals surface area contributed by atoms with Crippen molar-refractivity contribution in [1.82, 2.24) is 4.90 Å². The summed E-state index contributed by atoms with van der Waals surface area (Å²) in [6.07, 6.45) is 0. The summed E-state index contributed by atoms with van der Waals surface area (Å²) in [5.74, 6) is 0.574. The Morgan fingerprint density at radius 2 is 1.95 bits per heavy atom. The van der Waals surface area contributed by atoms with Crippen LogP contribution < -0.4 is 10.5 Å². The quantitative estimate of drug-likeness (QED) is 0.852. The Hall–Kier alpha value is -2.07. The zero-order valence-corrected chi connectivity index (χ0v) is 11.8. The van der Waals surface area contributed by atoms with Crippen LogP contribution in [-0.2, 0) is 13.1 Å². The van der Waals surface area contributed by atoms with Gasteiger partial charge in [0.2, 0.25) is 0 Å². The van der Waals surface area contributed by atoms with E-state index in [0.717, 1.165) is 22.6 Å². The van der Waals surface area contributed by atoms with Crippen molar-refractivity contribution in [2.45, 2.75) is 13.1 Å². The number of methoxy groups -OCH3 is 1. The Bertz CT molecular complexity index is 586. The number of halogens is 1. The molecule has 0 atom stereocenters. The fourth-order valence-corrected chi connectivity index (χ4v) is 2.14. The first kappa shape index (κ1) is 14.3. The van der Waals surface area contributed by atoms with Gasteiger partial charge >= 0.3 is 0 Å². The third-order valence-corrected chi connectivity index (χ3v) is 3.13. The predicted molar refractivity (Wildman–Crippen MR) is 79.0 cm³/mol. The third-order valence-electron chi connectivity index (χ3n) is 3.13. The number of hydrogen-bond donors (Lipinski definition) is 1. The van der Waals surface area contributed by atoms with Gasteiger partial charge in [0.05, 0.1) is 7.11 Å². The van der Waals surface area contributed by atoms with Crippen molar-refractivity contribution in [2.24, 2.45) is 0 Å². The van der Waals surface area contributed by atoms with E-state index in [1.165, 1.54) is 6.07 Å². The lowest BCUT2D eigenvalue weighted by Crippen LogP contribution is -2.18. The molecule has 0 saturated heterocycles. The predicted octanol–water partition coefficient (Wildman–Crippen LogP) is 3.05. The number of nitrogen functional groups attached to an aromatic ring is 1. The van der Waals surface area contributed by atoms with E-state index in [9.17, 15) is 4.39 Å². The summed E-state index contributed by atoms with van der Waals surface area (Å²) in [4.78, 5) is 2.08. The smallest absolute Gasteiger partial charge is 0.123 e. The van der Waals surface area contributed by atoms with Crippen LogP contribution in [0.3, 0.4) is 0 Å². The third kappa shape index (κ3) is 3.71. The van der Waals surface area contributed by atoms with Gasteiger partial charge in [-0.15, -0.1) is 0 Å². The minimum atomic E-state index is -0.211. The molecular formula is C16H19FN2O. The fourth-order valence-electron chi connectivity index (χ4n) is 2.14. The highest BCUT2D eigenvalue weighted by Crippen LogP contribution is 2.21. The highest BCUT2D eigenvalue weighted by Gasteiger charge is 2.07. The summed E-state index contributed by atoms with van der Waals surface area (Å²) in [5.41, 5.74) is 8.64. The van der Waals surface area contributed by atoms with Crippen molar-refractivity contribution in [3.8, 4) is 5.75 Å². The molecule has 3 nitrogen and oxygen atoms in total. The second-order valence-electron chi connectivity index (χ2n) is 4.87. The molecule has 0 aromatic heterocycles. The van der Waals surface area contributed by atoms with Gasteiger partial charge in [0.1, 0.15) is 11.6 Å². The Morgan fingerprint density at radius 1 is 1.15 bits per heavy atom. The maximum absolute atomic E-state index is 13.2. The SMILES string of the molecule is COc1ccc(N)c(CN(C)Cc2cccc(F)c2)c1. The van der Waals surface area contributed by atoms with Gasteiger partial charge in [0, 0.05) is 18.8 Å². The molecule has 0 bridgehead atoms. The van der Waals surface area contributed by atoms with E-state index >= 15 is 0 Å².